The van der Waals surface area contributed by atoms with E-state index < -0.39 is 0 Å². The van der Waals surface area contributed by atoms with Gasteiger partial charge in [0.2, 0.25) is 0 Å². The first-order valence-corrected chi connectivity index (χ1v) is 8.85. The van der Waals surface area contributed by atoms with E-state index in [1.807, 2.05) is 17.0 Å². The topological polar surface area (TPSA) is 73.4 Å². The van der Waals surface area contributed by atoms with Crippen LogP contribution in [0.4, 0.5) is 26.5 Å². The summed E-state index contributed by atoms with van der Waals surface area (Å²) in [6, 6.07) is 10.5. The van der Waals surface area contributed by atoms with Crippen LogP contribution in [0.5, 0.6) is 0 Å². The second-order valence-electron chi connectivity index (χ2n) is 6.58. The molecule has 136 valence electrons. The van der Waals surface area contributed by atoms with Crippen LogP contribution in [-0.4, -0.2) is 48.4 Å². The summed E-state index contributed by atoms with van der Waals surface area (Å²) < 4.78 is 13.9. The van der Waals surface area contributed by atoms with Crippen LogP contribution in [0.15, 0.2) is 36.4 Å². The second kappa shape index (κ2) is 7.15. The van der Waals surface area contributed by atoms with Crippen LogP contribution in [0, 0.1) is 5.82 Å². The summed E-state index contributed by atoms with van der Waals surface area (Å²) in [4.78, 5) is 15.9. The molecule has 1 saturated carbocycles. The Bertz CT molecular complexity index is 772. The minimum atomic E-state index is -0.243. The van der Waals surface area contributed by atoms with Gasteiger partial charge in [-0.05, 0) is 37.1 Å². The fourth-order valence-electron chi connectivity index (χ4n) is 3.01. The van der Waals surface area contributed by atoms with Gasteiger partial charge in [0.05, 0.1) is 5.69 Å². The Morgan fingerprint density at radius 1 is 1.00 bits per heavy atom. The SMILES string of the molecule is O=C(Nc1ccc(N2CCN(c3ccccc3F)CC2)nn1)NC1CC1. The average Bonchev–Trinajstić information content (AvgIpc) is 3.47. The monoisotopic (exact) mass is 356 g/mol. The Morgan fingerprint density at radius 3 is 2.38 bits per heavy atom. The summed E-state index contributed by atoms with van der Waals surface area (Å²) >= 11 is 0. The number of hydrogen-bond acceptors (Lipinski definition) is 5. The Labute approximate surface area is 151 Å². The molecular weight excluding hydrogens is 335 g/mol. The summed E-state index contributed by atoms with van der Waals surface area (Å²) in [7, 11) is 0. The number of hydrogen-bond donors (Lipinski definition) is 2. The highest BCUT2D eigenvalue weighted by Crippen LogP contribution is 2.22. The summed E-state index contributed by atoms with van der Waals surface area (Å²) in [6.07, 6.45) is 2.08. The van der Waals surface area contributed by atoms with Gasteiger partial charge >= 0.3 is 6.03 Å². The molecule has 4 rings (SSSR count). The summed E-state index contributed by atoms with van der Waals surface area (Å²) in [5.41, 5.74) is 0.638. The fraction of sp³-hybridized carbons (Fsp3) is 0.389. The van der Waals surface area contributed by atoms with E-state index in [0.29, 0.717) is 30.6 Å². The third-order valence-electron chi connectivity index (χ3n) is 4.60. The molecule has 0 spiro atoms. The number of rotatable bonds is 4. The highest BCUT2D eigenvalue weighted by molar-refractivity contribution is 5.88. The maximum absolute atomic E-state index is 13.9. The summed E-state index contributed by atoms with van der Waals surface area (Å²) in [5, 5.41) is 13.8. The quantitative estimate of drug-likeness (QED) is 0.879. The van der Waals surface area contributed by atoms with E-state index >= 15 is 0 Å². The zero-order valence-electron chi connectivity index (χ0n) is 14.4. The first-order valence-electron chi connectivity index (χ1n) is 8.85. The fourth-order valence-corrected chi connectivity index (χ4v) is 3.01. The molecule has 0 bridgehead atoms. The van der Waals surface area contributed by atoms with Crippen LogP contribution in [0.1, 0.15) is 12.8 Å². The Morgan fingerprint density at radius 2 is 1.73 bits per heavy atom. The molecule has 0 atom stereocenters. The number of benzene rings is 1. The van der Waals surface area contributed by atoms with Crippen molar-refractivity contribution in [2.75, 3.05) is 41.3 Å². The molecular formula is C18H21FN6O. The van der Waals surface area contributed by atoms with E-state index in [0.717, 1.165) is 31.7 Å². The molecule has 2 aromatic rings. The summed E-state index contributed by atoms with van der Waals surface area (Å²) in [5.74, 6) is 0.990. The summed E-state index contributed by atoms with van der Waals surface area (Å²) in [6.45, 7) is 2.90. The molecule has 1 aliphatic heterocycles. The van der Waals surface area contributed by atoms with Gasteiger partial charge in [0.25, 0.3) is 0 Å². The van der Waals surface area contributed by atoms with E-state index in [-0.39, 0.29) is 11.8 Å². The van der Waals surface area contributed by atoms with Crippen molar-refractivity contribution < 1.29 is 9.18 Å². The molecule has 2 heterocycles. The van der Waals surface area contributed by atoms with Gasteiger partial charge in [0.15, 0.2) is 11.6 Å². The van der Waals surface area contributed by atoms with Crippen molar-refractivity contribution >= 4 is 23.4 Å². The highest BCUT2D eigenvalue weighted by Gasteiger charge is 2.23. The molecule has 7 nitrogen and oxygen atoms in total. The maximum atomic E-state index is 13.9. The minimum Gasteiger partial charge on any atom is -0.366 e. The average molecular weight is 356 g/mol. The van der Waals surface area contributed by atoms with E-state index in [9.17, 15) is 9.18 Å². The molecule has 1 aliphatic carbocycles. The Hall–Kier alpha value is -2.90. The van der Waals surface area contributed by atoms with Gasteiger partial charge in [0, 0.05) is 32.2 Å². The zero-order chi connectivity index (χ0) is 17.9. The Balaban J connectivity index is 1.32. The lowest BCUT2D eigenvalue weighted by atomic mass is 10.2. The van der Waals surface area contributed by atoms with Crippen LogP contribution < -0.4 is 20.4 Å². The second-order valence-corrected chi connectivity index (χ2v) is 6.58. The lowest BCUT2D eigenvalue weighted by Crippen LogP contribution is -2.47. The van der Waals surface area contributed by atoms with Crippen molar-refractivity contribution in [2.45, 2.75) is 18.9 Å². The van der Waals surface area contributed by atoms with Crippen molar-refractivity contribution in [3.63, 3.8) is 0 Å². The van der Waals surface area contributed by atoms with Crippen molar-refractivity contribution in [1.29, 1.82) is 0 Å². The number of halogens is 1. The van der Waals surface area contributed by atoms with E-state index in [1.165, 1.54) is 6.07 Å². The lowest BCUT2D eigenvalue weighted by Gasteiger charge is -2.36. The van der Waals surface area contributed by atoms with Crippen LogP contribution in [0.3, 0.4) is 0 Å². The van der Waals surface area contributed by atoms with E-state index in [4.69, 9.17) is 0 Å². The molecule has 0 unspecified atom stereocenters. The van der Waals surface area contributed by atoms with Crippen LogP contribution in [0.25, 0.3) is 0 Å². The number of piperazine rings is 1. The molecule has 2 aliphatic rings. The molecule has 1 aromatic carbocycles. The number of amides is 2. The molecule has 26 heavy (non-hydrogen) atoms. The first-order chi connectivity index (χ1) is 12.7. The predicted octanol–water partition coefficient (Wildman–Crippen LogP) is 2.23. The third kappa shape index (κ3) is 3.84. The number of anilines is 3. The van der Waals surface area contributed by atoms with Crippen LogP contribution in [-0.2, 0) is 0 Å². The third-order valence-corrected chi connectivity index (χ3v) is 4.60. The number of nitrogens with zero attached hydrogens (tertiary/aromatic N) is 4. The molecule has 2 amide bonds. The molecule has 1 saturated heterocycles. The minimum absolute atomic E-state index is 0.194. The Kier molecular flexibility index (Phi) is 4.55. The smallest absolute Gasteiger partial charge is 0.320 e. The van der Waals surface area contributed by atoms with Gasteiger partial charge in [-0.15, -0.1) is 10.2 Å². The standard InChI is InChI=1S/C18H21FN6O/c19-14-3-1-2-4-15(14)24-9-11-25(12-10-24)17-8-7-16(22-23-17)21-18(26)20-13-5-6-13/h1-4,7-8,13H,5-6,9-12H2,(H2,20,21,22,26). The molecule has 0 radical (unpaired) electrons. The van der Waals surface area contributed by atoms with Gasteiger partial charge < -0.3 is 15.1 Å². The normalized spacial score (nSPS) is 17.1. The maximum Gasteiger partial charge on any atom is 0.320 e. The first kappa shape index (κ1) is 16.6. The number of urea groups is 1. The van der Waals surface area contributed by atoms with E-state index in [1.54, 1.807) is 18.2 Å². The zero-order valence-corrected chi connectivity index (χ0v) is 14.4. The number of para-hydroxylation sites is 1. The van der Waals surface area contributed by atoms with Gasteiger partial charge in [-0.25, -0.2) is 9.18 Å². The van der Waals surface area contributed by atoms with Gasteiger partial charge in [-0.1, -0.05) is 12.1 Å². The van der Waals surface area contributed by atoms with Gasteiger partial charge in [-0.2, -0.15) is 0 Å². The van der Waals surface area contributed by atoms with Crippen LogP contribution >= 0.6 is 0 Å². The van der Waals surface area contributed by atoms with Crippen molar-refractivity contribution in [2.24, 2.45) is 0 Å². The predicted molar refractivity (Wildman–Crippen MR) is 98.0 cm³/mol. The number of aromatic nitrogens is 2. The van der Waals surface area contributed by atoms with Crippen molar-refractivity contribution in [1.82, 2.24) is 15.5 Å². The highest BCUT2D eigenvalue weighted by atomic mass is 19.1. The molecule has 1 aromatic heterocycles. The number of carbonyl (C=O) groups excluding carboxylic acids is 1. The van der Waals surface area contributed by atoms with Crippen molar-refractivity contribution in [3.8, 4) is 0 Å². The number of nitrogens with one attached hydrogen (secondary N) is 2. The molecule has 2 N–H and O–H groups in total. The number of carbonyl (C=O) groups is 1. The van der Waals surface area contributed by atoms with Gasteiger partial charge in [-0.3, -0.25) is 5.32 Å². The molecule has 8 heteroatoms. The van der Waals surface area contributed by atoms with E-state index in [2.05, 4.69) is 25.7 Å². The van der Waals surface area contributed by atoms with Crippen molar-refractivity contribution in [3.05, 3.63) is 42.2 Å². The lowest BCUT2D eigenvalue weighted by molar-refractivity contribution is 0.251. The molecule has 2 fully saturated rings. The largest absolute Gasteiger partial charge is 0.366 e. The van der Waals surface area contributed by atoms with Gasteiger partial charge in [0.1, 0.15) is 5.82 Å². The van der Waals surface area contributed by atoms with Crippen LogP contribution in [0.2, 0.25) is 0 Å².